The normalized spacial score (nSPS) is 20.6. The number of aliphatic imine (C=N–C) groups is 1. The summed E-state index contributed by atoms with van der Waals surface area (Å²) in [6.45, 7) is 2.29. The molecule has 27 heavy (non-hydrogen) atoms. The summed E-state index contributed by atoms with van der Waals surface area (Å²) in [6, 6.07) is 10.5. The number of allylic oxidation sites excluding steroid dienone is 2. The molecule has 4 nitrogen and oxygen atoms in total. The Hall–Kier alpha value is -2.83. The molecule has 0 aromatic heterocycles. The van der Waals surface area contributed by atoms with Crippen molar-refractivity contribution in [1.82, 2.24) is 0 Å². The van der Waals surface area contributed by atoms with Crippen molar-refractivity contribution in [3.05, 3.63) is 96.2 Å². The van der Waals surface area contributed by atoms with Crippen LogP contribution in [-0.2, 0) is 16.4 Å². The third kappa shape index (κ3) is 3.07. The highest BCUT2D eigenvalue weighted by molar-refractivity contribution is 7.91. The van der Waals surface area contributed by atoms with Gasteiger partial charge in [-0.3, -0.25) is 0 Å². The first-order chi connectivity index (χ1) is 12.9. The molecule has 0 amide bonds. The minimum Gasteiger partial charge on any atom is -0.219 e. The van der Waals surface area contributed by atoms with Crippen molar-refractivity contribution in [2.75, 3.05) is 0 Å². The topological polar surface area (TPSA) is 46.5 Å². The maximum absolute atomic E-state index is 13.5. The molecule has 2 aliphatic rings. The summed E-state index contributed by atoms with van der Waals surface area (Å²) in [5, 5.41) is 0. The Balaban J connectivity index is 1.64. The van der Waals surface area contributed by atoms with Gasteiger partial charge in [-0.2, -0.15) is 4.99 Å². The number of amidine groups is 1. The lowest BCUT2D eigenvalue weighted by Crippen LogP contribution is -2.40. The molecule has 1 atom stereocenters. The lowest BCUT2D eigenvalue weighted by atomic mass is 10.1. The average molecular weight is 381 g/mol. The fourth-order valence-electron chi connectivity index (χ4n) is 3.32. The van der Waals surface area contributed by atoms with Gasteiger partial charge in [0.15, 0.2) is 0 Å². The van der Waals surface area contributed by atoms with Crippen molar-refractivity contribution in [3.8, 4) is 0 Å². The zero-order valence-corrected chi connectivity index (χ0v) is 15.5. The highest BCUT2D eigenvalue weighted by atomic mass is 32.2. The molecule has 0 bridgehead atoms. The second-order valence-electron chi connectivity index (χ2n) is 6.63. The first kappa shape index (κ1) is 17.6. The molecule has 0 saturated heterocycles. The van der Waals surface area contributed by atoms with Crippen molar-refractivity contribution in [2.45, 2.75) is 23.3 Å². The maximum Gasteiger partial charge on any atom is 0.237 e. The summed E-state index contributed by atoms with van der Waals surface area (Å²) < 4.78 is 39.8. The van der Waals surface area contributed by atoms with Gasteiger partial charge in [0.1, 0.15) is 24.8 Å². The van der Waals surface area contributed by atoms with Gasteiger partial charge in [-0.05, 0) is 48.9 Å². The zero-order chi connectivity index (χ0) is 19.1. The lowest BCUT2D eigenvalue weighted by Gasteiger charge is -2.28. The van der Waals surface area contributed by atoms with E-state index < -0.39 is 15.7 Å². The van der Waals surface area contributed by atoms with Gasteiger partial charge in [0.2, 0.25) is 15.7 Å². The van der Waals surface area contributed by atoms with Crippen LogP contribution in [0.25, 0.3) is 0 Å². The van der Waals surface area contributed by atoms with E-state index in [1.54, 1.807) is 37.4 Å². The molecular formula is C21H18FN2O2S+. The van der Waals surface area contributed by atoms with E-state index in [2.05, 4.69) is 4.99 Å². The summed E-state index contributed by atoms with van der Waals surface area (Å²) in [4.78, 5) is 4.53. The van der Waals surface area contributed by atoms with Gasteiger partial charge in [-0.25, -0.2) is 17.3 Å². The van der Waals surface area contributed by atoms with Gasteiger partial charge in [0.05, 0.1) is 16.0 Å². The Morgan fingerprint density at radius 2 is 1.81 bits per heavy atom. The second-order valence-corrected chi connectivity index (χ2v) is 8.55. The van der Waals surface area contributed by atoms with Crippen LogP contribution < -0.4 is 0 Å². The highest BCUT2D eigenvalue weighted by Gasteiger charge is 2.33. The Bertz CT molecular complexity index is 1130. The van der Waals surface area contributed by atoms with E-state index in [1.165, 1.54) is 12.1 Å². The summed E-state index contributed by atoms with van der Waals surface area (Å²) in [5.74, 6) is 0.355. The number of aryl methyl sites for hydroxylation is 1. The van der Waals surface area contributed by atoms with Crippen molar-refractivity contribution >= 4 is 15.7 Å². The number of benzene rings is 2. The predicted molar refractivity (Wildman–Crippen MR) is 102 cm³/mol. The molecule has 0 spiro atoms. The highest BCUT2D eigenvalue weighted by Crippen LogP contribution is 2.28. The van der Waals surface area contributed by atoms with Gasteiger partial charge in [-0.15, -0.1) is 0 Å². The SMILES string of the molecule is Cc1ccc(F)cc1S(=O)(=O)c1ccc(C[N+]23C=CC=CC2=NC=C3)cc1. The number of hydrogen-bond donors (Lipinski definition) is 0. The molecule has 1 unspecified atom stereocenters. The van der Waals surface area contributed by atoms with E-state index in [9.17, 15) is 12.8 Å². The Morgan fingerprint density at radius 3 is 2.59 bits per heavy atom. The van der Waals surface area contributed by atoms with Gasteiger partial charge < -0.3 is 0 Å². The molecule has 4 rings (SSSR count). The van der Waals surface area contributed by atoms with Gasteiger partial charge in [0.25, 0.3) is 0 Å². The molecule has 2 heterocycles. The van der Waals surface area contributed by atoms with Crippen LogP contribution in [0.4, 0.5) is 4.39 Å². The number of nitrogens with zero attached hydrogens (tertiary/aromatic N) is 2. The number of halogens is 1. The predicted octanol–water partition coefficient (Wildman–Crippen LogP) is 4.25. The monoisotopic (exact) mass is 381 g/mol. The van der Waals surface area contributed by atoms with Gasteiger partial charge in [-0.1, -0.05) is 18.2 Å². The smallest absolute Gasteiger partial charge is 0.219 e. The Labute approximate surface area is 157 Å². The van der Waals surface area contributed by atoms with E-state index >= 15 is 0 Å². The first-order valence-electron chi connectivity index (χ1n) is 8.50. The van der Waals surface area contributed by atoms with Crippen LogP contribution in [0.5, 0.6) is 0 Å². The largest absolute Gasteiger partial charge is 0.237 e. The molecule has 0 saturated carbocycles. The number of fused-ring (bicyclic) bond motifs is 1. The van der Waals surface area contributed by atoms with Crippen LogP contribution in [0.1, 0.15) is 11.1 Å². The van der Waals surface area contributed by atoms with Crippen molar-refractivity contribution < 1.29 is 17.3 Å². The Kier molecular flexibility index (Phi) is 4.17. The summed E-state index contributed by atoms with van der Waals surface area (Å²) in [5.41, 5.74) is 1.50. The first-order valence-corrected chi connectivity index (χ1v) is 9.99. The molecule has 0 aliphatic carbocycles. The molecule has 0 fully saturated rings. The number of hydrogen-bond acceptors (Lipinski definition) is 3. The molecule has 2 aromatic rings. The van der Waals surface area contributed by atoms with E-state index in [0.29, 0.717) is 16.6 Å². The molecule has 2 aromatic carbocycles. The zero-order valence-electron chi connectivity index (χ0n) is 14.7. The van der Waals surface area contributed by atoms with Crippen LogP contribution >= 0.6 is 0 Å². The van der Waals surface area contributed by atoms with E-state index in [0.717, 1.165) is 17.5 Å². The minimum atomic E-state index is -3.77. The molecule has 136 valence electrons. The fraction of sp³-hybridized carbons (Fsp3) is 0.0952. The molecule has 0 radical (unpaired) electrons. The van der Waals surface area contributed by atoms with Crippen LogP contribution in [0.3, 0.4) is 0 Å². The number of quaternary nitrogens is 1. The fourth-order valence-corrected chi connectivity index (χ4v) is 4.83. The number of sulfone groups is 1. The van der Waals surface area contributed by atoms with E-state index in [4.69, 9.17) is 0 Å². The van der Waals surface area contributed by atoms with Crippen molar-refractivity contribution in [2.24, 2.45) is 4.99 Å². The summed E-state index contributed by atoms with van der Waals surface area (Å²) in [7, 11) is -3.77. The van der Waals surface area contributed by atoms with Crippen molar-refractivity contribution in [3.63, 3.8) is 0 Å². The average Bonchev–Trinajstić information content (AvgIpc) is 3.07. The van der Waals surface area contributed by atoms with Gasteiger partial charge >= 0.3 is 0 Å². The number of rotatable bonds is 4. The Morgan fingerprint density at radius 1 is 1.04 bits per heavy atom. The third-order valence-corrected chi connectivity index (χ3v) is 6.70. The van der Waals surface area contributed by atoms with Crippen LogP contribution in [0.2, 0.25) is 0 Å². The summed E-state index contributed by atoms with van der Waals surface area (Å²) in [6.07, 6.45) is 11.7. The standard InChI is InChI=1S/C21H18FN2O2S/c1-16-5-8-18(22)14-20(16)27(25,26)19-9-6-17(7-10-19)15-24-12-3-2-4-21(24)23-11-13-24/h2-14H,15H2,1H3/q+1. The molecule has 6 heteroatoms. The second kappa shape index (κ2) is 6.40. The van der Waals surface area contributed by atoms with E-state index in [1.807, 2.05) is 30.6 Å². The molecule has 2 aliphatic heterocycles. The van der Waals surface area contributed by atoms with Gasteiger partial charge in [0, 0.05) is 11.6 Å². The molecular weight excluding hydrogens is 363 g/mol. The van der Waals surface area contributed by atoms with Crippen LogP contribution in [0.15, 0.2) is 94.1 Å². The van der Waals surface area contributed by atoms with Crippen LogP contribution in [-0.4, -0.2) is 18.7 Å². The third-order valence-electron chi connectivity index (χ3n) is 4.79. The lowest BCUT2D eigenvalue weighted by molar-refractivity contribution is -0.743. The molecule has 0 N–H and O–H groups in total. The van der Waals surface area contributed by atoms with Crippen molar-refractivity contribution in [1.29, 1.82) is 0 Å². The quantitative estimate of drug-likeness (QED) is 0.744. The maximum atomic E-state index is 13.5. The van der Waals surface area contributed by atoms with Crippen LogP contribution in [0, 0.1) is 12.7 Å². The summed E-state index contributed by atoms with van der Waals surface area (Å²) >= 11 is 0. The van der Waals surface area contributed by atoms with E-state index in [-0.39, 0.29) is 9.79 Å². The minimum absolute atomic E-state index is 0.00174.